The molecule has 3 nitrogen and oxygen atoms in total. The predicted octanol–water partition coefficient (Wildman–Crippen LogP) is 4.17. The quantitative estimate of drug-likeness (QED) is 0.863. The number of ether oxygens (including phenoxy) is 1. The van der Waals surface area contributed by atoms with Crippen LogP contribution < -0.4 is 4.74 Å². The molecule has 1 N–H and O–H groups in total. The van der Waals surface area contributed by atoms with Crippen molar-refractivity contribution in [1.29, 1.82) is 0 Å². The monoisotopic (exact) mass is 295 g/mol. The highest BCUT2D eigenvalue weighted by Gasteiger charge is 2.30. The lowest BCUT2D eigenvalue weighted by Crippen LogP contribution is -2.03. The van der Waals surface area contributed by atoms with Crippen LogP contribution in [0.3, 0.4) is 0 Å². The maximum Gasteiger partial charge on any atom is 0.416 e. The number of methoxy groups -OCH3 is 1. The van der Waals surface area contributed by atoms with Gasteiger partial charge in [-0.3, -0.25) is 4.99 Å². The highest BCUT2D eigenvalue weighted by atomic mass is 19.4. The van der Waals surface area contributed by atoms with E-state index in [0.717, 1.165) is 12.1 Å². The Bertz CT molecular complexity index is 666. The second kappa shape index (κ2) is 5.87. The van der Waals surface area contributed by atoms with Crippen molar-refractivity contribution in [3.8, 4) is 11.5 Å². The number of hydrogen-bond acceptors (Lipinski definition) is 3. The zero-order valence-electron chi connectivity index (χ0n) is 11.1. The molecule has 0 atom stereocenters. The van der Waals surface area contributed by atoms with E-state index < -0.39 is 11.7 Å². The molecule has 2 rings (SSSR count). The molecule has 2 aromatic carbocycles. The van der Waals surface area contributed by atoms with Gasteiger partial charge in [-0.05, 0) is 30.3 Å². The molecule has 0 bridgehead atoms. The van der Waals surface area contributed by atoms with Crippen molar-refractivity contribution in [3.63, 3.8) is 0 Å². The van der Waals surface area contributed by atoms with Crippen molar-refractivity contribution >= 4 is 11.9 Å². The summed E-state index contributed by atoms with van der Waals surface area (Å²) in [5, 5.41) is 9.85. The van der Waals surface area contributed by atoms with Crippen LogP contribution in [0, 0.1) is 0 Å². The SMILES string of the molecule is COc1cccc(C=Nc2cccc(C(F)(F)F)c2)c1O. The molecule has 0 aliphatic rings. The van der Waals surface area contributed by atoms with E-state index in [9.17, 15) is 18.3 Å². The predicted molar refractivity (Wildman–Crippen MR) is 73.4 cm³/mol. The highest BCUT2D eigenvalue weighted by Crippen LogP contribution is 2.32. The van der Waals surface area contributed by atoms with E-state index in [1.54, 1.807) is 18.2 Å². The summed E-state index contributed by atoms with van der Waals surface area (Å²) < 4.78 is 42.7. The number of benzene rings is 2. The number of hydrogen-bond donors (Lipinski definition) is 1. The van der Waals surface area contributed by atoms with Gasteiger partial charge >= 0.3 is 6.18 Å². The van der Waals surface area contributed by atoms with Gasteiger partial charge in [0.15, 0.2) is 11.5 Å². The molecule has 21 heavy (non-hydrogen) atoms. The summed E-state index contributed by atoms with van der Waals surface area (Å²) in [6.07, 6.45) is -3.13. The molecular formula is C15H12F3NO2. The summed E-state index contributed by atoms with van der Waals surface area (Å²) >= 11 is 0. The van der Waals surface area contributed by atoms with Gasteiger partial charge in [0.25, 0.3) is 0 Å². The molecule has 0 saturated carbocycles. The summed E-state index contributed by atoms with van der Waals surface area (Å²) in [6.45, 7) is 0. The molecule has 2 aromatic rings. The number of rotatable bonds is 3. The van der Waals surface area contributed by atoms with Crippen molar-refractivity contribution in [2.75, 3.05) is 7.11 Å². The summed E-state index contributed by atoms with van der Waals surface area (Å²) in [6, 6.07) is 9.43. The van der Waals surface area contributed by atoms with Crippen LogP contribution in [0.15, 0.2) is 47.5 Å². The first-order valence-corrected chi connectivity index (χ1v) is 5.99. The Kier molecular flexibility index (Phi) is 4.16. The maximum absolute atomic E-state index is 12.6. The lowest BCUT2D eigenvalue weighted by Gasteiger charge is -2.07. The maximum atomic E-state index is 12.6. The van der Waals surface area contributed by atoms with Crippen molar-refractivity contribution in [1.82, 2.24) is 0 Å². The van der Waals surface area contributed by atoms with E-state index >= 15 is 0 Å². The first-order chi connectivity index (χ1) is 9.91. The average molecular weight is 295 g/mol. The van der Waals surface area contributed by atoms with Gasteiger partial charge in [0.2, 0.25) is 0 Å². The first kappa shape index (κ1) is 14.9. The molecule has 6 heteroatoms. The second-order valence-corrected chi connectivity index (χ2v) is 4.20. The number of para-hydroxylation sites is 1. The minimum atomic E-state index is -4.41. The van der Waals surface area contributed by atoms with Crippen molar-refractivity contribution < 1.29 is 23.0 Å². The van der Waals surface area contributed by atoms with Crippen LogP contribution in [0.4, 0.5) is 18.9 Å². The van der Waals surface area contributed by atoms with Gasteiger partial charge in [-0.1, -0.05) is 12.1 Å². The van der Waals surface area contributed by atoms with Crippen molar-refractivity contribution in [2.45, 2.75) is 6.18 Å². The van der Waals surface area contributed by atoms with Gasteiger partial charge in [0.05, 0.1) is 18.4 Å². The molecule has 0 spiro atoms. The zero-order valence-corrected chi connectivity index (χ0v) is 11.1. The van der Waals surface area contributed by atoms with Gasteiger partial charge in [-0.15, -0.1) is 0 Å². The molecule has 0 saturated heterocycles. The normalized spacial score (nSPS) is 11.8. The van der Waals surface area contributed by atoms with Crippen LogP contribution in [0.25, 0.3) is 0 Å². The standard InChI is InChI=1S/C15H12F3NO2/c1-21-13-7-2-4-10(14(13)20)9-19-12-6-3-5-11(8-12)15(16,17)18/h2-9,20H,1H3. The summed E-state index contributed by atoms with van der Waals surface area (Å²) in [7, 11) is 1.41. The fraction of sp³-hybridized carbons (Fsp3) is 0.133. The number of aromatic hydroxyl groups is 1. The van der Waals surface area contributed by atoms with E-state index in [4.69, 9.17) is 4.74 Å². The largest absolute Gasteiger partial charge is 0.504 e. The van der Waals surface area contributed by atoms with Gasteiger partial charge < -0.3 is 9.84 Å². The number of nitrogens with zero attached hydrogens (tertiary/aromatic N) is 1. The lowest BCUT2D eigenvalue weighted by atomic mass is 10.2. The smallest absolute Gasteiger partial charge is 0.416 e. The number of halogens is 3. The average Bonchev–Trinajstić information content (AvgIpc) is 2.45. The Morgan fingerprint density at radius 2 is 1.86 bits per heavy atom. The minimum Gasteiger partial charge on any atom is -0.504 e. The van der Waals surface area contributed by atoms with Crippen LogP contribution in [0.5, 0.6) is 11.5 Å². The molecule has 0 aliphatic heterocycles. The van der Waals surface area contributed by atoms with E-state index in [1.807, 2.05) is 0 Å². The topological polar surface area (TPSA) is 41.8 Å². The molecule has 110 valence electrons. The molecule has 0 amide bonds. The van der Waals surface area contributed by atoms with Crippen LogP contribution in [0.1, 0.15) is 11.1 Å². The Morgan fingerprint density at radius 1 is 1.14 bits per heavy atom. The minimum absolute atomic E-state index is 0.115. The van der Waals surface area contributed by atoms with Gasteiger partial charge in [0, 0.05) is 11.8 Å². The number of aliphatic imine (C=N–C) groups is 1. The van der Waals surface area contributed by atoms with E-state index in [0.29, 0.717) is 5.56 Å². The molecule has 0 aliphatic carbocycles. The van der Waals surface area contributed by atoms with E-state index in [1.165, 1.54) is 25.5 Å². The van der Waals surface area contributed by atoms with Gasteiger partial charge in [0.1, 0.15) is 0 Å². The van der Waals surface area contributed by atoms with Crippen LogP contribution in [-0.2, 0) is 6.18 Å². The van der Waals surface area contributed by atoms with Crippen LogP contribution >= 0.6 is 0 Å². The number of phenolic OH excluding ortho intramolecular Hbond substituents is 1. The zero-order chi connectivity index (χ0) is 15.5. The molecule has 0 aromatic heterocycles. The third-order valence-corrected chi connectivity index (χ3v) is 2.78. The summed E-state index contributed by atoms with van der Waals surface area (Å²) in [5.74, 6) is 0.152. The highest BCUT2D eigenvalue weighted by molar-refractivity contribution is 5.86. The summed E-state index contributed by atoms with van der Waals surface area (Å²) in [5.41, 5.74) is -0.272. The van der Waals surface area contributed by atoms with Crippen LogP contribution in [0.2, 0.25) is 0 Å². The Morgan fingerprint density at radius 3 is 2.52 bits per heavy atom. The molecule has 0 unspecified atom stereocenters. The molecule has 0 fully saturated rings. The fourth-order valence-corrected chi connectivity index (χ4v) is 1.71. The summed E-state index contributed by atoms with van der Waals surface area (Å²) in [4.78, 5) is 3.95. The van der Waals surface area contributed by atoms with Gasteiger partial charge in [-0.25, -0.2) is 0 Å². The molecular weight excluding hydrogens is 283 g/mol. The van der Waals surface area contributed by atoms with Crippen LogP contribution in [-0.4, -0.2) is 18.4 Å². The van der Waals surface area contributed by atoms with E-state index in [2.05, 4.69) is 4.99 Å². The van der Waals surface area contributed by atoms with Gasteiger partial charge in [-0.2, -0.15) is 13.2 Å². The number of phenols is 1. The van der Waals surface area contributed by atoms with Crippen molar-refractivity contribution in [3.05, 3.63) is 53.6 Å². The van der Waals surface area contributed by atoms with Crippen molar-refractivity contribution in [2.24, 2.45) is 4.99 Å². The molecule has 0 heterocycles. The third kappa shape index (κ3) is 3.53. The first-order valence-electron chi connectivity index (χ1n) is 5.99. The fourth-order valence-electron chi connectivity index (χ4n) is 1.71. The lowest BCUT2D eigenvalue weighted by molar-refractivity contribution is -0.137. The number of alkyl halides is 3. The molecule has 0 radical (unpaired) electrons. The Hall–Kier alpha value is -2.50. The third-order valence-electron chi connectivity index (χ3n) is 2.78. The Labute approximate surface area is 119 Å². The Balaban J connectivity index is 2.30. The second-order valence-electron chi connectivity index (χ2n) is 4.20. The van der Waals surface area contributed by atoms with E-state index in [-0.39, 0.29) is 17.2 Å².